The first-order valence-electron chi connectivity index (χ1n) is 11.3. The highest BCUT2D eigenvalue weighted by Crippen LogP contribution is 2.37. The van der Waals surface area contributed by atoms with Crippen molar-refractivity contribution < 1.29 is 0 Å². The number of fused-ring (bicyclic) bond motifs is 1. The molecule has 8 heteroatoms. The Morgan fingerprint density at radius 3 is 3.00 bits per heavy atom. The molecule has 166 valence electrons. The van der Waals surface area contributed by atoms with Gasteiger partial charge in [-0.1, -0.05) is 12.1 Å². The van der Waals surface area contributed by atoms with E-state index in [1.165, 1.54) is 24.3 Å². The molecule has 2 unspecified atom stereocenters. The molecule has 1 fully saturated rings. The molecule has 3 aromatic heterocycles. The average Bonchev–Trinajstić information content (AvgIpc) is 3.45. The van der Waals surface area contributed by atoms with Gasteiger partial charge in [0.05, 0.1) is 0 Å². The van der Waals surface area contributed by atoms with E-state index in [2.05, 4.69) is 61.6 Å². The van der Waals surface area contributed by atoms with E-state index in [4.69, 9.17) is 4.99 Å². The van der Waals surface area contributed by atoms with Crippen molar-refractivity contribution in [1.82, 2.24) is 30.1 Å². The summed E-state index contributed by atoms with van der Waals surface area (Å²) in [5.41, 5.74) is 0.901. The molecule has 0 bridgehead atoms. The summed E-state index contributed by atoms with van der Waals surface area (Å²) in [5, 5.41) is 17.6. The first-order chi connectivity index (χ1) is 15.3. The minimum atomic E-state index is 0.474. The van der Waals surface area contributed by atoms with Gasteiger partial charge in [0.25, 0.3) is 0 Å². The largest absolute Gasteiger partial charge is 0.357 e. The molecule has 0 spiro atoms. The van der Waals surface area contributed by atoms with Crippen molar-refractivity contribution in [1.29, 1.82) is 0 Å². The lowest BCUT2D eigenvalue weighted by Gasteiger charge is -2.38. The maximum Gasteiger partial charge on any atom is 0.191 e. The summed E-state index contributed by atoms with van der Waals surface area (Å²) >= 11 is 1.86. The maximum atomic E-state index is 4.96. The Morgan fingerprint density at radius 2 is 2.16 bits per heavy atom. The fourth-order valence-electron chi connectivity index (χ4n) is 4.42. The van der Waals surface area contributed by atoms with Crippen molar-refractivity contribution in [3.8, 4) is 0 Å². The molecule has 2 N–H and O–H groups in total. The molecule has 4 rings (SSSR count). The van der Waals surface area contributed by atoms with Crippen LogP contribution in [0.4, 0.5) is 0 Å². The Morgan fingerprint density at radius 1 is 1.23 bits per heavy atom. The third-order valence-corrected chi connectivity index (χ3v) is 6.87. The molecule has 1 saturated heterocycles. The van der Waals surface area contributed by atoms with Crippen LogP contribution in [0.15, 0.2) is 46.9 Å². The van der Waals surface area contributed by atoms with Crippen LogP contribution in [0.2, 0.25) is 0 Å². The average molecular weight is 440 g/mol. The van der Waals surface area contributed by atoms with Crippen LogP contribution in [0.5, 0.6) is 0 Å². The van der Waals surface area contributed by atoms with E-state index >= 15 is 0 Å². The molecule has 4 heterocycles. The summed E-state index contributed by atoms with van der Waals surface area (Å²) in [6, 6.07) is 10.9. The number of aliphatic imine (C=N–C) groups is 1. The summed E-state index contributed by atoms with van der Waals surface area (Å²) in [5.74, 6) is 2.46. The quantitative estimate of drug-likeness (QED) is 0.320. The number of piperidine rings is 1. The summed E-state index contributed by atoms with van der Waals surface area (Å²) in [6.45, 7) is 5.84. The van der Waals surface area contributed by atoms with Gasteiger partial charge in [-0.3, -0.25) is 14.3 Å². The predicted octanol–water partition coefficient (Wildman–Crippen LogP) is 3.36. The van der Waals surface area contributed by atoms with E-state index in [0.29, 0.717) is 12.0 Å². The summed E-state index contributed by atoms with van der Waals surface area (Å²) < 4.78 is 2.06. The van der Waals surface area contributed by atoms with Crippen LogP contribution in [0.1, 0.15) is 42.9 Å². The van der Waals surface area contributed by atoms with Crippen molar-refractivity contribution in [2.75, 3.05) is 33.2 Å². The van der Waals surface area contributed by atoms with Gasteiger partial charge in [-0.25, -0.2) is 0 Å². The lowest BCUT2D eigenvalue weighted by Crippen LogP contribution is -2.40. The van der Waals surface area contributed by atoms with Gasteiger partial charge in [0, 0.05) is 43.2 Å². The number of hydrogen-bond acceptors (Lipinski definition) is 5. The molecule has 0 radical (unpaired) electrons. The second-order valence-electron chi connectivity index (χ2n) is 8.14. The van der Waals surface area contributed by atoms with Gasteiger partial charge in [-0.2, -0.15) is 0 Å². The van der Waals surface area contributed by atoms with Gasteiger partial charge in [0.2, 0.25) is 0 Å². The van der Waals surface area contributed by atoms with E-state index in [-0.39, 0.29) is 0 Å². The van der Waals surface area contributed by atoms with Crippen molar-refractivity contribution in [3.63, 3.8) is 0 Å². The van der Waals surface area contributed by atoms with Crippen LogP contribution in [-0.2, 0) is 6.42 Å². The Balaban J connectivity index is 1.32. The third kappa shape index (κ3) is 5.43. The number of nitrogens with zero attached hydrogens (tertiary/aromatic N) is 5. The normalized spacial score (nSPS) is 20.3. The zero-order chi connectivity index (χ0) is 21.5. The zero-order valence-electron chi connectivity index (χ0n) is 18.5. The molecule has 0 amide bonds. The van der Waals surface area contributed by atoms with E-state index in [1.54, 1.807) is 0 Å². The summed E-state index contributed by atoms with van der Waals surface area (Å²) in [6.07, 6.45) is 6.36. The summed E-state index contributed by atoms with van der Waals surface area (Å²) in [7, 11) is 2.25. The first kappa shape index (κ1) is 21.8. The molecule has 31 heavy (non-hydrogen) atoms. The molecule has 1 aliphatic rings. The van der Waals surface area contributed by atoms with Crippen molar-refractivity contribution >= 4 is 22.9 Å². The smallest absolute Gasteiger partial charge is 0.191 e. The van der Waals surface area contributed by atoms with Gasteiger partial charge < -0.3 is 10.6 Å². The van der Waals surface area contributed by atoms with E-state index < -0.39 is 0 Å². The number of thiophene rings is 1. The molecule has 0 aliphatic carbocycles. The molecule has 7 nitrogen and oxygen atoms in total. The van der Waals surface area contributed by atoms with Gasteiger partial charge >= 0.3 is 0 Å². The van der Waals surface area contributed by atoms with Gasteiger partial charge in [0.1, 0.15) is 5.82 Å². The highest BCUT2D eigenvalue weighted by Gasteiger charge is 2.31. The lowest BCUT2D eigenvalue weighted by atomic mass is 9.88. The van der Waals surface area contributed by atoms with E-state index in [1.807, 2.05) is 35.7 Å². The monoisotopic (exact) mass is 439 g/mol. The SMILES string of the molecule is CCNC(=NCC1CCCN(C)C1c1cccs1)NCCCc1nnc2ccccn12. The molecule has 1 aliphatic heterocycles. The Labute approximate surface area is 188 Å². The number of likely N-dealkylation sites (tertiary alicyclic amines) is 1. The number of pyridine rings is 1. The summed E-state index contributed by atoms with van der Waals surface area (Å²) in [4.78, 5) is 8.91. The van der Waals surface area contributed by atoms with Crippen LogP contribution >= 0.6 is 11.3 Å². The number of aromatic nitrogens is 3. The fraction of sp³-hybridized carbons (Fsp3) is 0.522. The van der Waals surface area contributed by atoms with Crippen LogP contribution in [-0.4, -0.2) is 58.7 Å². The molecule has 0 saturated carbocycles. The molecular weight excluding hydrogens is 406 g/mol. The zero-order valence-corrected chi connectivity index (χ0v) is 19.3. The van der Waals surface area contributed by atoms with Gasteiger partial charge in [-0.15, -0.1) is 21.5 Å². The second-order valence-corrected chi connectivity index (χ2v) is 9.12. The number of aryl methyl sites for hydroxylation is 1. The minimum Gasteiger partial charge on any atom is -0.357 e. The topological polar surface area (TPSA) is 69.8 Å². The van der Waals surface area contributed by atoms with Crippen LogP contribution in [0.25, 0.3) is 5.65 Å². The predicted molar refractivity (Wildman–Crippen MR) is 128 cm³/mol. The number of rotatable bonds is 8. The van der Waals surface area contributed by atoms with E-state index in [0.717, 1.165) is 49.9 Å². The molecule has 0 aromatic carbocycles. The standard InChI is InChI=1S/C23H33N7S/c1-3-24-23(25-13-6-12-21-28-27-20-11-4-5-15-30(20)21)26-17-18-9-7-14-29(2)22(18)19-10-8-16-31-19/h4-5,8,10-11,15-16,18,22H,3,6-7,9,12-14,17H2,1-2H3,(H2,24,25,26). The van der Waals surface area contributed by atoms with Crippen LogP contribution in [0.3, 0.4) is 0 Å². The molecular formula is C23H33N7S. The number of hydrogen-bond donors (Lipinski definition) is 2. The number of guanidine groups is 1. The van der Waals surface area contributed by atoms with Crippen molar-refractivity contribution in [2.24, 2.45) is 10.9 Å². The first-order valence-corrected chi connectivity index (χ1v) is 12.2. The Bertz CT molecular complexity index is 965. The van der Waals surface area contributed by atoms with Crippen molar-refractivity contribution in [2.45, 2.75) is 38.6 Å². The second kappa shape index (κ2) is 10.7. The third-order valence-electron chi connectivity index (χ3n) is 5.92. The highest BCUT2D eigenvalue weighted by molar-refractivity contribution is 7.10. The Kier molecular flexibility index (Phi) is 7.53. The van der Waals surface area contributed by atoms with Crippen molar-refractivity contribution in [3.05, 3.63) is 52.6 Å². The Hall–Kier alpha value is -2.45. The number of nitrogens with one attached hydrogen (secondary N) is 2. The highest BCUT2D eigenvalue weighted by atomic mass is 32.1. The van der Waals surface area contributed by atoms with Crippen LogP contribution in [0, 0.1) is 5.92 Å². The fourth-order valence-corrected chi connectivity index (χ4v) is 5.41. The lowest BCUT2D eigenvalue weighted by molar-refractivity contribution is 0.128. The minimum absolute atomic E-state index is 0.474. The molecule has 3 aromatic rings. The van der Waals surface area contributed by atoms with E-state index in [9.17, 15) is 0 Å². The van der Waals surface area contributed by atoms with Crippen LogP contribution < -0.4 is 10.6 Å². The molecule has 2 atom stereocenters. The van der Waals surface area contributed by atoms with Gasteiger partial charge in [0.15, 0.2) is 11.6 Å². The maximum absolute atomic E-state index is 4.96. The van der Waals surface area contributed by atoms with Gasteiger partial charge in [-0.05, 0) is 69.3 Å².